The van der Waals surface area contributed by atoms with Crippen LogP contribution in [0.4, 0.5) is 4.39 Å². The van der Waals surface area contributed by atoms with Gasteiger partial charge >= 0.3 is 0 Å². The molecule has 1 atom stereocenters. The van der Waals surface area contributed by atoms with Crippen molar-refractivity contribution in [2.24, 2.45) is 0 Å². The van der Waals surface area contributed by atoms with Gasteiger partial charge in [0.1, 0.15) is 5.82 Å². The zero-order valence-corrected chi connectivity index (χ0v) is 11.6. The molecule has 0 aliphatic carbocycles. The highest BCUT2D eigenvalue weighted by Crippen LogP contribution is 2.25. The molecule has 1 fully saturated rings. The summed E-state index contributed by atoms with van der Waals surface area (Å²) >= 11 is 0. The van der Waals surface area contributed by atoms with Crippen LogP contribution in [0.2, 0.25) is 0 Å². The van der Waals surface area contributed by atoms with Crippen molar-refractivity contribution >= 4 is 0 Å². The molecule has 3 rings (SSSR count). The Morgan fingerprint density at radius 2 is 2.10 bits per heavy atom. The van der Waals surface area contributed by atoms with E-state index in [0.29, 0.717) is 5.92 Å². The van der Waals surface area contributed by atoms with Crippen molar-refractivity contribution in [1.29, 1.82) is 0 Å². The van der Waals surface area contributed by atoms with Gasteiger partial charge in [-0.1, -0.05) is 12.1 Å². The smallest absolute Gasteiger partial charge is 0.123 e. The minimum Gasteiger partial charge on any atom is -0.302 e. The molecular weight excluding hydrogens is 253 g/mol. The van der Waals surface area contributed by atoms with Crippen LogP contribution in [0, 0.1) is 5.82 Å². The maximum atomic E-state index is 12.9. The molecule has 0 amide bonds. The SMILES string of the molecule is Fc1ccc(CCN2CCC[C@H](c3ccn[nH]3)C2)cc1. The number of hydrogen-bond donors (Lipinski definition) is 1. The summed E-state index contributed by atoms with van der Waals surface area (Å²) in [6.45, 7) is 3.28. The zero-order valence-electron chi connectivity index (χ0n) is 11.6. The first-order valence-electron chi connectivity index (χ1n) is 7.27. The number of piperidine rings is 1. The van der Waals surface area contributed by atoms with E-state index in [2.05, 4.69) is 21.2 Å². The summed E-state index contributed by atoms with van der Waals surface area (Å²) in [5.74, 6) is 0.408. The molecule has 1 aliphatic rings. The number of nitrogens with one attached hydrogen (secondary N) is 1. The highest BCUT2D eigenvalue weighted by Gasteiger charge is 2.21. The molecular formula is C16H20FN3. The van der Waals surface area contributed by atoms with Crippen molar-refractivity contribution in [3.8, 4) is 0 Å². The topological polar surface area (TPSA) is 31.9 Å². The first kappa shape index (κ1) is 13.3. The lowest BCUT2D eigenvalue weighted by atomic mass is 9.94. The largest absolute Gasteiger partial charge is 0.302 e. The fraction of sp³-hybridized carbons (Fsp3) is 0.438. The van der Waals surface area contributed by atoms with Crippen LogP contribution in [-0.4, -0.2) is 34.7 Å². The molecule has 106 valence electrons. The van der Waals surface area contributed by atoms with E-state index < -0.39 is 0 Å². The van der Waals surface area contributed by atoms with E-state index in [9.17, 15) is 4.39 Å². The van der Waals surface area contributed by atoms with E-state index in [-0.39, 0.29) is 5.82 Å². The number of benzene rings is 1. The number of likely N-dealkylation sites (tertiary alicyclic amines) is 1. The fourth-order valence-corrected chi connectivity index (χ4v) is 2.94. The number of nitrogens with zero attached hydrogens (tertiary/aromatic N) is 2. The van der Waals surface area contributed by atoms with Gasteiger partial charge in [0.25, 0.3) is 0 Å². The summed E-state index contributed by atoms with van der Waals surface area (Å²) in [5, 5.41) is 7.13. The number of hydrogen-bond acceptors (Lipinski definition) is 2. The summed E-state index contributed by atoms with van der Waals surface area (Å²) in [5.41, 5.74) is 2.45. The van der Waals surface area contributed by atoms with Crippen LogP contribution in [-0.2, 0) is 6.42 Å². The molecule has 20 heavy (non-hydrogen) atoms. The molecule has 1 saturated heterocycles. The van der Waals surface area contributed by atoms with Crippen molar-refractivity contribution in [2.45, 2.75) is 25.2 Å². The minimum atomic E-state index is -0.161. The second-order valence-corrected chi connectivity index (χ2v) is 5.53. The van der Waals surface area contributed by atoms with Crippen LogP contribution >= 0.6 is 0 Å². The average Bonchev–Trinajstić information content (AvgIpc) is 3.01. The van der Waals surface area contributed by atoms with Gasteiger partial charge in [0.2, 0.25) is 0 Å². The molecule has 0 unspecified atom stereocenters. The van der Waals surface area contributed by atoms with Gasteiger partial charge in [0, 0.05) is 30.9 Å². The Balaban J connectivity index is 1.54. The molecule has 0 spiro atoms. The van der Waals surface area contributed by atoms with Crippen LogP contribution in [0.25, 0.3) is 0 Å². The Morgan fingerprint density at radius 1 is 1.25 bits per heavy atom. The number of H-pyrrole nitrogens is 1. The number of halogens is 1. The lowest BCUT2D eigenvalue weighted by molar-refractivity contribution is 0.208. The molecule has 1 aromatic heterocycles. The maximum Gasteiger partial charge on any atom is 0.123 e. The van der Waals surface area contributed by atoms with Crippen molar-refractivity contribution in [3.63, 3.8) is 0 Å². The number of rotatable bonds is 4. The summed E-state index contributed by atoms with van der Waals surface area (Å²) in [6.07, 6.45) is 5.27. The first-order valence-corrected chi connectivity index (χ1v) is 7.27. The highest BCUT2D eigenvalue weighted by atomic mass is 19.1. The molecule has 1 N–H and O–H groups in total. The lowest BCUT2D eigenvalue weighted by Crippen LogP contribution is -2.35. The second-order valence-electron chi connectivity index (χ2n) is 5.53. The minimum absolute atomic E-state index is 0.161. The molecule has 0 bridgehead atoms. The van der Waals surface area contributed by atoms with E-state index in [0.717, 1.165) is 26.1 Å². The third-order valence-corrected chi connectivity index (χ3v) is 4.10. The van der Waals surface area contributed by atoms with Crippen LogP contribution < -0.4 is 0 Å². The Bertz CT molecular complexity index is 521. The molecule has 0 saturated carbocycles. The van der Waals surface area contributed by atoms with Gasteiger partial charge in [0.05, 0.1) is 0 Å². The standard InChI is InChI=1S/C16H20FN3/c17-15-5-3-13(4-6-15)8-11-20-10-1-2-14(12-20)16-7-9-18-19-16/h3-7,9,14H,1-2,8,10-12H2,(H,18,19)/t14-/m0/s1. The van der Waals surface area contributed by atoms with Crippen molar-refractivity contribution in [3.05, 3.63) is 53.6 Å². The molecule has 4 heteroatoms. The Labute approximate surface area is 118 Å². The number of aromatic nitrogens is 2. The predicted octanol–water partition coefficient (Wildman–Crippen LogP) is 2.97. The fourth-order valence-electron chi connectivity index (χ4n) is 2.94. The van der Waals surface area contributed by atoms with Crippen molar-refractivity contribution < 1.29 is 4.39 Å². The molecule has 2 heterocycles. The summed E-state index contributed by atoms with van der Waals surface area (Å²) < 4.78 is 12.9. The Kier molecular flexibility index (Phi) is 4.11. The Hall–Kier alpha value is -1.68. The van der Waals surface area contributed by atoms with Gasteiger partial charge < -0.3 is 4.90 Å². The van der Waals surface area contributed by atoms with Crippen LogP contribution in [0.5, 0.6) is 0 Å². The van der Waals surface area contributed by atoms with Gasteiger partial charge in [-0.15, -0.1) is 0 Å². The van der Waals surface area contributed by atoms with Crippen LogP contribution in [0.1, 0.15) is 30.0 Å². The normalized spacial score (nSPS) is 20.1. The van der Waals surface area contributed by atoms with Crippen molar-refractivity contribution in [2.75, 3.05) is 19.6 Å². The summed E-state index contributed by atoms with van der Waals surface area (Å²) in [6, 6.07) is 8.92. The number of aromatic amines is 1. The maximum absolute atomic E-state index is 12.9. The van der Waals surface area contributed by atoms with Gasteiger partial charge in [-0.2, -0.15) is 5.10 Å². The monoisotopic (exact) mass is 273 g/mol. The van der Waals surface area contributed by atoms with Gasteiger partial charge in [0.15, 0.2) is 0 Å². The molecule has 0 radical (unpaired) electrons. The third-order valence-electron chi connectivity index (χ3n) is 4.10. The summed E-state index contributed by atoms with van der Waals surface area (Å²) in [4.78, 5) is 2.50. The molecule has 1 aromatic carbocycles. The zero-order chi connectivity index (χ0) is 13.8. The van der Waals surface area contributed by atoms with Gasteiger partial charge in [-0.3, -0.25) is 5.10 Å². The molecule has 3 nitrogen and oxygen atoms in total. The van der Waals surface area contributed by atoms with E-state index in [4.69, 9.17) is 0 Å². The predicted molar refractivity (Wildman–Crippen MR) is 77.1 cm³/mol. The van der Waals surface area contributed by atoms with E-state index in [1.165, 1.54) is 24.1 Å². The van der Waals surface area contributed by atoms with E-state index in [1.807, 2.05) is 18.3 Å². The average molecular weight is 273 g/mol. The molecule has 1 aliphatic heterocycles. The third kappa shape index (κ3) is 3.25. The summed E-state index contributed by atoms with van der Waals surface area (Å²) in [7, 11) is 0. The van der Waals surface area contributed by atoms with Gasteiger partial charge in [-0.05, 0) is 49.6 Å². The Morgan fingerprint density at radius 3 is 2.85 bits per heavy atom. The highest BCUT2D eigenvalue weighted by molar-refractivity contribution is 5.16. The first-order chi connectivity index (χ1) is 9.81. The van der Waals surface area contributed by atoms with E-state index in [1.54, 1.807) is 12.1 Å². The quantitative estimate of drug-likeness (QED) is 0.928. The van der Waals surface area contributed by atoms with Crippen LogP contribution in [0.15, 0.2) is 36.5 Å². The molecule has 2 aromatic rings. The lowest BCUT2D eigenvalue weighted by Gasteiger charge is -2.32. The van der Waals surface area contributed by atoms with Crippen LogP contribution in [0.3, 0.4) is 0 Å². The van der Waals surface area contributed by atoms with Gasteiger partial charge in [-0.25, -0.2) is 4.39 Å². The second kappa shape index (κ2) is 6.18. The van der Waals surface area contributed by atoms with E-state index >= 15 is 0 Å². The van der Waals surface area contributed by atoms with Crippen molar-refractivity contribution in [1.82, 2.24) is 15.1 Å².